The van der Waals surface area contributed by atoms with Crippen LogP contribution >= 0.6 is 11.3 Å². The van der Waals surface area contributed by atoms with Crippen LogP contribution in [0.2, 0.25) is 0 Å². The molecule has 2 N–H and O–H groups in total. The van der Waals surface area contributed by atoms with Gasteiger partial charge in [0, 0.05) is 24.4 Å². The van der Waals surface area contributed by atoms with Gasteiger partial charge in [0.05, 0.1) is 18.1 Å². The maximum Gasteiger partial charge on any atom is 0.305 e. The van der Waals surface area contributed by atoms with E-state index in [0.29, 0.717) is 18.4 Å². The Balaban J connectivity index is 1.89. The molecule has 2 aromatic rings. The van der Waals surface area contributed by atoms with Gasteiger partial charge < -0.3 is 10.4 Å². The normalized spacial score (nSPS) is 10.8. The van der Waals surface area contributed by atoms with Crippen LogP contribution in [0.3, 0.4) is 0 Å². The zero-order valence-corrected chi connectivity index (χ0v) is 13.7. The quantitative estimate of drug-likeness (QED) is 0.758. The number of nitrogens with zero attached hydrogens (tertiary/aromatic N) is 2. The molecule has 0 aliphatic rings. The third kappa shape index (κ3) is 4.62. The van der Waals surface area contributed by atoms with Gasteiger partial charge in [0.15, 0.2) is 0 Å². The van der Waals surface area contributed by atoms with Crippen molar-refractivity contribution in [2.45, 2.75) is 39.2 Å². The maximum absolute atomic E-state index is 12.3. The summed E-state index contributed by atoms with van der Waals surface area (Å²) in [6.07, 6.45) is 3.04. The molecule has 2 aromatic heterocycles. The first-order valence-corrected chi connectivity index (χ1v) is 8.29. The number of aromatic nitrogens is 2. The first-order valence-electron chi connectivity index (χ1n) is 7.47. The molecule has 0 bridgehead atoms. The van der Waals surface area contributed by atoms with E-state index >= 15 is 0 Å². The minimum atomic E-state index is -0.946. The number of thiophene rings is 1. The zero-order valence-electron chi connectivity index (χ0n) is 12.9. The van der Waals surface area contributed by atoms with E-state index in [0.717, 1.165) is 16.1 Å². The molecule has 2 heterocycles. The molecular formula is C15H19N3O4S. The van der Waals surface area contributed by atoms with Crippen molar-refractivity contribution in [2.24, 2.45) is 0 Å². The molecule has 7 nitrogen and oxygen atoms in total. The highest BCUT2D eigenvalue weighted by Gasteiger charge is 2.09. The fourth-order valence-corrected chi connectivity index (χ4v) is 3.08. The molecule has 0 saturated carbocycles. The van der Waals surface area contributed by atoms with Gasteiger partial charge in [0.2, 0.25) is 5.91 Å². The fraction of sp³-hybridized carbons (Fsp3) is 0.467. The second kappa shape index (κ2) is 7.87. The fourth-order valence-electron chi connectivity index (χ4n) is 2.15. The van der Waals surface area contributed by atoms with Gasteiger partial charge in [-0.05, 0) is 18.9 Å². The Kier molecular flexibility index (Phi) is 5.86. The number of aryl methyl sites for hydroxylation is 2. The molecule has 0 aliphatic carbocycles. The monoisotopic (exact) mass is 337 g/mol. The Labute approximate surface area is 137 Å². The zero-order chi connectivity index (χ0) is 16.8. The Bertz CT molecular complexity index is 766. The summed E-state index contributed by atoms with van der Waals surface area (Å²) in [5, 5.41) is 11.7. The summed E-state index contributed by atoms with van der Waals surface area (Å²) in [7, 11) is 0. The summed E-state index contributed by atoms with van der Waals surface area (Å²) in [4.78, 5) is 40.4. The van der Waals surface area contributed by atoms with E-state index in [1.165, 1.54) is 22.2 Å². The Morgan fingerprint density at radius 3 is 2.87 bits per heavy atom. The lowest BCUT2D eigenvalue weighted by Gasteiger charge is -2.06. The van der Waals surface area contributed by atoms with Gasteiger partial charge in [-0.15, -0.1) is 11.3 Å². The third-order valence-electron chi connectivity index (χ3n) is 3.38. The van der Waals surface area contributed by atoms with E-state index in [1.54, 1.807) is 0 Å². The Hall–Kier alpha value is -2.22. The van der Waals surface area contributed by atoms with Gasteiger partial charge in [-0.25, -0.2) is 4.98 Å². The van der Waals surface area contributed by atoms with Crippen molar-refractivity contribution in [2.75, 3.05) is 6.54 Å². The van der Waals surface area contributed by atoms with E-state index in [9.17, 15) is 14.4 Å². The van der Waals surface area contributed by atoms with Crippen LogP contribution in [0.15, 0.2) is 17.2 Å². The molecule has 0 spiro atoms. The van der Waals surface area contributed by atoms with E-state index in [2.05, 4.69) is 10.3 Å². The number of aliphatic carboxylic acids is 1. The predicted molar refractivity (Wildman–Crippen MR) is 87.8 cm³/mol. The SMILES string of the molecule is CCc1cc2c(=O)n(CCCC(=O)NCCC(=O)O)cnc2s1. The van der Waals surface area contributed by atoms with Crippen molar-refractivity contribution in [1.29, 1.82) is 0 Å². The van der Waals surface area contributed by atoms with Crippen molar-refractivity contribution in [3.63, 3.8) is 0 Å². The van der Waals surface area contributed by atoms with Gasteiger partial charge in [0.25, 0.3) is 5.56 Å². The van der Waals surface area contributed by atoms with Crippen LogP contribution in [-0.2, 0) is 22.6 Å². The number of rotatable bonds is 8. The van der Waals surface area contributed by atoms with Crippen LogP contribution < -0.4 is 10.9 Å². The van der Waals surface area contributed by atoms with E-state index < -0.39 is 5.97 Å². The largest absolute Gasteiger partial charge is 0.481 e. The van der Waals surface area contributed by atoms with Crippen LogP contribution in [0.25, 0.3) is 10.2 Å². The average molecular weight is 337 g/mol. The van der Waals surface area contributed by atoms with Crippen molar-refractivity contribution in [3.05, 3.63) is 27.6 Å². The molecule has 0 aromatic carbocycles. The van der Waals surface area contributed by atoms with Crippen molar-refractivity contribution in [1.82, 2.24) is 14.9 Å². The summed E-state index contributed by atoms with van der Waals surface area (Å²) in [6, 6.07) is 1.88. The first-order chi connectivity index (χ1) is 11.0. The molecule has 8 heteroatoms. The highest BCUT2D eigenvalue weighted by atomic mass is 32.1. The van der Waals surface area contributed by atoms with Gasteiger partial charge in [0.1, 0.15) is 4.83 Å². The lowest BCUT2D eigenvalue weighted by Crippen LogP contribution is -2.26. The number of amides is 1. The number of hydrogen-bond acceptors (Lipinski definition) is 5. The molecule has 0 unspecified atom stereocenters. The maximum atomic E-state index is 12.3. The first kappa shape index (κ1) is 17.1. The molecule has 0 saturated heterocycles. The van der Waals surface area contributed by atoms with E-state index in [-0.39, 0.29) is 30.9 Å². The standard InChI is InChI=1S/C15H19N3O4S/c1-2-10-8-11-14(23-10)17-9-18(15(11)22)7-3-4-12(19)16-6-5-13(20)21/h8-9H,2-7H2,1H3,(H,16,19)(H,20,21). The van der Waals surface area contributed by atoms with Crippen LogP contribution in [0.5, 0.6) is 0 Å². The average Bonchev–Trinajstić information content (AvgIpc) is 2.93. The second-order valence-corrected chi connectivity index (χ2v) is 6.24. The van der Waals surface area contributed by atoms with Crippen LogP contribution in [0.1, 0.15) is 31.1 Å². The van der Waals surface area contributed by atoms with Gasteiger partial charge in [-0.1, -0.05) is 6.92 Å². The van der Waals surface area contributed by atoms with E-state index in [1.807, 2.05) is 13.0 Å². The number of carboxylic acids is 1. The number of carboxylic acid groups (broad SMARTS) is 1. The summed E-state index contributed by atoms with van der Waals surface area (Å²) < 4.78 is 1.51. The van der Waals surface area contributed by atoms with Crippen molar-refractivity contribution in [3.8, 4) is 0 Å². The summed E-state index contributed by atoms with van der Waals surface area (Å²) >= 11 is 1.52. The number of carbonyl (C=O) groups is 2. The topological polar surface area (TPSA) is 101 Å². The van der Waals surface area contributed by atoms with Gasteiger partial charge >= 0.3 is 5.97 Å². The number of fused-ring (bicyclic) bond motifs is 1. The molecule has 1 amide bonds. The number of hydrogen-bond donors (Lipinski definition) is 2. The highest BCUT2D eigenvalue weighted by Crippen LogP contribution is 2.20. The molecule has 124 valence electrons. The lowest BCUT2D eigenvalue weighted by atomic mass is 10.2. The smallest absolute Gasteiger partial charge is 0.305 e. The summed E-state index contributed by atoms with van der Waals surface area (Å²) in [5.41, 5.74) is -0.0859. The summed E-state index contributed by atoms with van der Waals surface area (Å²) in [5.74, 6) is -1.16. The number of nitrogens with one attached hydrogen (secondary N) is 1. The molecule has 0 atom stereocenters. The lowest BCUT2D eigenvalue weighted by molar-refractivity contribution is -0.136. The second-order valence-electron chi connectivity index (χ2n) is 5.13. The number of carbonyl (C=O) groups excluding carboxylic acids is 1. The van der Waals surface area contributed by atoms with Gasteiger partial charge in [-0.3, -0.25) is 19.0 Å². The minimum absolute atomic E-state index is 0.0859. The van der Waals surface area contributed by atoms with Crippen molar-refractivity contribution >= 4 is 33.4 Å². The molecule has 0 radical (unpaired) electrons. The van der Waals surface area contributed by atoms with Gasteiger partial charge in [-0.2, -0.15) is 0 Å². The predicted octanol–water partition coefficient (Wildman–Crippen LogP) is 1.39. The molecule has 23 heavy (non-hydrogen) atoms. The molecule has 0 aliphatic heterocycles. The van der Waals surface area contributed by atoms with Crippen LogP contribution in [0, 0.1) is 0 Å². The Morgan fingerprint density at radius 1 is 1.39 bits per heavy atom. The molecular weight excluding hydrogens is 318 g/mol. The van der Waals surface area contributed by atoms with E-state index in [4.69, 9.17) is 5.11 Å². The van der Waals surface area contributed by atoms with Crippen LogP contribution in [0.4, 0.5) is 0 Å². The minimum Gasteiger partial charge on any atom is -0.481 e. The highest BCUT2D eigenvalue weighted by molar-refractivity contribution is 7.18. The third-order valence-corrected chi connectivity index (χ3v) is 4.57. The van der Waals surface area contributed by atoms with Crippen molar-refractivity contribution < 1.29 is 14.7 Å². The molecule has 2 rings (SSSR count). The summed E-state index contributed by atoms with van der Waals surface area (Å²) in [6.45, 7) is 2.56. The molecule has 0 fully saturated rings. The van der Waals surface area contributed by atoms with Crippen LogP contribution in [-0.4, -0.2) is 33.1 Å². The Morgan fingerprint density at radius 2 is 2.17 bits per heavy atom.